The van der Waals surface area contributed by atoms with E-state index in [0.717, 1.165) is 28.6 Å². The molecule has 0 saturated carbocycles. The van der Waals surface area contributed by atoms with Crippen molar-refractivity contribution in [3.63, 3.8) is 0 Å². The minimum Gasteiger partial charge on any atom is -0.347 e. The normalized spacial score (nSPS) is 18.4. The molecule has 1 aliphatic heterocycles. The Labute approximate surface area is 132 Å². The quantitative estimate of drug-likeness (QED) is 0.695. The number of Topliss-reactive ketones (excluding diaryl/α,β-unsaturated/α-hetero) is 2. The smallest absolute Gasteiger partial charge is 0.244 e. The van der Waals surface area contributed by atoms with E-state index in [0.29, 0.717) is 5.22 Å². The molecule has 0 atom stereocenters. The fourth-order valence-corrected chi connectivity index (χ4v) is 3.89. The van der Waals surface area contributed by atoms with Crippen LogP contribution in [0.25, 0.3) is 22.4 Å². The molecule has 22 heavy (non-hydrogen) atoms. The van der Waals surface area contributed by atoms with Crippen molar-refractivity contribution >= 4 is 34.3 Å². The topological polar surface area (TPSA) is 39.1 Å². The molecule has 0 saturated heterocycles. The van der Waals surface area contributed by atoms with Gasteiger partial charge in [-0.3, -0.25) is 9.59 Å². The van der Waals surface area contributed by atoms with Crippen LogP contribution in [0.5, 0.6) is 0 Å². The van der Waals surface area contributed by atoms with E-state index in [1.165, 1.54) is 6.08 Å². The molecule has 0 spiro atoms. The van der Waals surface area contributed by atoms with Crippen LogP contribution >= 0.6 is 11.6 Å². The Balaban J connectivity index is 2.22. The number of ketones is 2. The Hall–Kier alpha value is -2.13. The minimum atomic E-state index is -0.619. The van der Waals surface area contributed by atoms with Gasteiger partial charge in [-0.05, 0) is 29.0 Å². The number of hydrogen-bond donors (Lipinski definition) is 0. The maximum atomic E-state index is 11.9. The van der Waals surface area contributed by atoms with Gasteiger partial charge in [0.1, 0.15) is 0 Å². The Morgan fingerprint density at radius 3 is 2.73 bits per heavy atom. The third-order valence-corrected chi connectivity index (χ3v) is 4.90. The van der Waals surface area contributed by atoms with Crippen LogP contribution in [0.15, 0.2) is 30.5 Å². The lowest BCUT2D eigenvalue weighted by molar-refractivity contribution is -0.129. The second kappa shape index (κ2) is 4.20. The summed E-state index contributed by atoms with van der Waals surface area (Å²) in [5.74, 6) is -1.16. The molecule has 110 valence electrons. The number of benzene rings is 1. The van der Waals surface area contributed by atoms with Gasteiger partial charge < -0.3 is 4.57 Å². The van der Waals surface area contributed by atoms with Crippen molar-refractivity contribution < 1.29 is 9.59 Å². The Morgan fingerprint density at radius 1 is 1.18 bits per heavy atom. The van der Waals surface area contributed by atoms with Gasteiger partial charge >= 0.3 is 0 Å². The van der Waals surface area contributed by atoms with Gasteiger partial charge in [0.05, 0.1) is 5.03 Å². The zero-order chi connectivity index (χ0) is 15.6. The number of rotatable bonds is 0. The van der Waals surface area contributed by atoms with Crippen LogP contribution in [0.1, 0.15) is 19.4 Å². The van der Waals surface area contributed by atoms with E-state index in [-0.39, 0.29) is 10.4 Å². The number of nitrogens with zero attached hydrogens (tertiary/aromatic N) is 1. The Bertz CT molecular complexity index is 979. The molecular weight excluding hydrogens is 298 g/mol. The van der Waals surface area contributed by atoms with Gasteiger partial charge in [-0.1, -0.05) is 37.6 Å². The lowest BCUT2D eigenvalue weighted by Crippen LogP contribution is -2.45. The number of fused-ring (bicyclic) bond motifs is 5. The zero-order valence-corrected chi connectivity index (χ0v) is 13.1. The van der Waals surface area contributed by atoms with Crippen molar-refractivity contribution in [2.24, 2.45) is 0 Å². The van der Waals surface area contributed by atoms with Crippen molar-refractivity contribution in [3.05, 3.63) is 46.5 Å². The summed E-state index contributed by atoms with van der Waals surface area (Å²) in [6, 6.07) is 7.94. The number of halogens is 1. The number of carbonyl (C=O) groups is 2. The largest absolute Gasteiger partial charge is 0.347 e. The molecule has 0 radical (unpaired) electrons. The first kappa shape index (κ1) is 13.5. The predicted molar refractivity (Wildman–Crippen MR) is 85.9 cm³/mol. The van der Waals surface area contributed by atoms with Crippen LogP contribution in [-0.2, 0) is 21.5 Å². The minimum absolute atomic E-state index is 0.0297. The molecular formula is C18H14ClNO2. The lowest BCUT2D eigenvalue weighted by atomic mass is 9.76. The fraction of sp³-hybridized carbons (Fsp3) is 0.222. The van der Waals surface area contributed by atoms with Gasteiger partial charge in [0.25, 0.3) is 0 Å². The first-order valence-electron chi connectivity index (χ1n) is 7.19. The molecule has 0 unspecified atom stereocenters. The molecule has 2 heterocycles. The molecule has 4 heteroatoms. The number of carbonyl (C=O) groups excluding carboxylic acids is 2. The standard InChI is InChI=1S/C18H14ClNO2/c1-18(2)9-20-7-3-4-13(20)11-6-5-10-12(15(11)18)8-14(21)17(22)16(10)19/h3-8H,9H2,1-2H3. The van der Waals surface area contributed by atoms with E-state index in [9.17, 15) is 9.59 Å². The molecule has 1 aromatic carbocycles. The zero-order valence-electron chi connectivity index (χ0n) is 12.3. The second-order valence-corrected chi connectivity index (χ2v) is 6.88. The summed E-state index contributed by atoms with van der Waals surface area (Å²) < 4.78 is 2.22. The molecule has 0 amide bonds. The highest BCUT2D eigenvalue weighted by atomic mass is 35.5. The van der Waals surface area contributed by atoms with Crippen LogP contribution in [0.3, 0.4) is 0 Å². The molecule has 2 aliphatic rings. The van der Waals surface area contributed by atoms with Crippen LogP contribution in [0.2, 0.25) is 0 Å². The molecule has 4 rings (SSSR count). The number of hydrogen-bond acceptors (Lipinski definition) is 2. The molecule has 1 aliphatic carbocycles. The van der Waals surface area contributed by atoms with Crippen molar-refractivity contribution in [2.75, 3.05) is 0 Å². The van der Waals surface area contributed by atoms with Crippen molar-refractivity contribution in [1.82, 2.24) is 4.57 Å². The van der Waals surface area contributed by atoms with Crippen molar-refractivity contribution in [3.8, 4) is 11.3 Å². The average molecular weight is 312 g/mol. The highest BCUT2D eigenvalue weighted by molar-refractivity contribution is 6.76. The van der Waals surface area contributed by atoms with Gasteiger partial charge in [0, 0.05) is 34.6 Å². The van der Waals surface area contributed by atoms with E-state index < -0.39 is 11.6 Å². The molecule has 0 bridgehead atoms. The van der Waals surface area contributed by atoms with Crippen LogP contribution in [-0.4, -0.2) is 16.1 Å². The van der Waals surface area contributed by atoms with E-state index in [1.54, 1.807) is 0 Å². The lowest BCUT2D eigenvalue weighted by Gasteiger charge is -2.35. The third-order valence-electron chi connectivity index (χ3n) is 4.53. The molecule has 1 aromatic heterocycles. The highest BCUT2D eigenvalue weighted by Gasteiger charge is 2.33. The molecule has 2 aromatic rings. The van der Waals surface area contributed by atoms with Gasteiger partial charge in [-0.15, -0.1) is 0 Å². The second-order valence-electron chi connectivity index (χ2n) is 6.51. The van der Waals surface area contributed by atoms with E-state index in [1.807, 2.05) is 18.2 Å². The Morgan fingerprint density at radius 2 is 1.95 bits per heavy atom. The van der Waals surface area contributed by atoms with Crippen LogP contribution in [0, 0.1) is 0 Å². The van der Waals surface area contributed by atoms with Crippen LogP contribution < -0.4 is 10.4 Å². The molecule has 0 N–H and O–H groups in total. The Kier molecular flexibility index (Phi) is 2.58. The van der Waals surface area contributed by atoms with E-state index in [2.05, 4.69) is 30.7 Å². The summed E-state index contributed by atoms with van der Waals surface area (Å²) in [5.41, 5.74) is 3.17. The molecule has 3 nitrogen and oxygen atoms in total. The average Bonchev–Trinajstić information content (AvgIpc) is 2.91. The predicted octanol–water partition coefficient (Wildman–Crippen LogP) is 1.73. The van der Waals surface area contributed by atoms with Gasteiger partial charge in [0.2, 0.25) is 11.6 Å². The summed E-state index contributed by atoms with van der Waals surface area (Å²) in [6.07, 6.45) is 3.51. The number of aromatic nitrogens is 1. The maximum absolute atomic E-state index is 11.9. The monoisotopic (exact) mass is 311 g/mol. The summed E-state index contributed by atoms with van der Waals surface area (Å²) in [6.45, 7) is 5.13. The van der Waals surface area contributed by atoms with Crippen molar-refractivity contribution in [1.29, 1.82) is 0 Å². The highest BCUT2D eigenvalue weighted by Crippen LogP contribution is 2.37. The first-order valence-corrected chi connectivity index (χ1v) is 7.57. The summed E-state index contributed by atoms with van der Waals surface area (Å²) >= 11 is 6.13. The molecule has 0 fully saturated rings. The fourth-order valence-electron chi connectivity index (χ4n) is 3.63. The summed E-state index contributed by atoms with van der Waals surface area (Å²) in [4.78, 5) is 23.8. The maximum Gasteiger partial charge on any atom is 0.244 e. The third kappa shape index (κ3) is 1.63. The first-order chi connectivity index (χ1) is 10.4. The summed E-state index contributed by atoms with van der Waals surface area (Å²) in [5, 5.41) is 1.49. The van der Waals surface area contributed by atoms with Gasteiger partial charge in [0.15, 0.2) is 0 Å². The summed E-state index contributed by atoms with van der Waals surface area (Å²) in [7, 11) is 0. The van der Waals surface area contributed by atoms with Crippen LogP contribution in [0.4, 0.5) is 0 Å². The van der Waals surface area contributed by atoms with Gasteiger partial charge in [-0.25, -0.2) is 0 Å². The van der Waals surface area contributed by atoms with E-state index >= 15 is 0 Å². The SMILES string of the molecule is CC1(C)Cn2cccc2-c2ccc3c(c21)=CC(=O)C(=O)C=3Cl. The van der Waals surface area contributed by atoms with Crippen molar-refractivity contribution in [2.45, 2.75) is 25.8 Å². The van der Waals surface area contributed by atoms with E-state index in [4.69, 9.17) is 11.6 Å². The van der Waals surface area contributed by atoms with Gasteiger partial charge in [-0.2, -0.15) is 0 Å².